The number of fused-ring (bicyclic) bond motifs is 2. The molecule has 0 radical (unpaired) electrons. The van der Waals surface area contributed by atoms with E-state index in [0.717, 1.165) is 6.42 Å². The zero-order chi connectivity index (χ0) is 9.59. The van der Waals surface area contributed by atoms with Gasteiger partial charge in [0, 0.05) is 12.8 Å². The molecule has 0 unspecified atom stereocenters. The zero-order valence-corrected chi connectivity index (χ0v) is 7.51. The van der Waals surface area contributed by atoms with E-state index < -0.39 is 12.2 Å². The quantitative estimate of drug-likeness (QED) is 0.551. The van der Waals surface area contributed by atoms with Gasteiger partial charge in [0.25, 0.3) is 0 Å². The molecule has 0 saturated heterocycles. The Morgan fingerprint density at radius 2 is 2.00 bits per heavy atom. The minimum atomic E-state index is -0.705. The lowest BCUT2D eigenvalue weighted by Gasteiger charge is -2.28. The molecule has 2 aliphatic rings. The molecule has 2 fully saturated rings. The van der Waals surface area contributed by atoms with E-state index in [1.807, 2.05) is 0 Å². The predicted molar refractivity (Wildman–Crippen MR) is 43.8 cm³/mol. The standard InChI is InChI=1S/C9H14O4/c1-4(10)13-7-3-5-2-6(7)9(12)8(5)11/h5-9,11-12H,2-3H2,1H3/t5-,6-,7-,8-,9+/m1/s1. The van der Waals surface area contributed by atoms with Crippen LogP contribution in [0.1, 0.15) is 19.8 Å². The minimum absolute atomic E-state index is 0.0519. The third-order valence-electron chi connectivity index (χ3n) is 3.18. The van der Waals surface area contributed by atoms with Crippen LogP contribution in [0.25, 0.3) is 0 Å². The summed E-state index contributed by atoms with van der Waals surface area (Å²) in [5.74, 6) is -0.243. The summed E-state index contributed by atoms with van der Waals surface area (Å²) in [5.41, 5.74) is 0. The second-order valence-electron chi connectivity index (χ2n) is 4.02. The molecule has 0 aliphatic heterocycles. The lowest BCUT2D eigenvalue weighted by Crippen LogP contribution is -2.40. The van der Waals surface area contributed by atoms with Gasteiger partial charge in [-0.15, -0.1) is 0 Å². The van der Waals surface area contributed by atoms with E-state index in [4.69, 9.17) is 4.74 Å². The van der Waals surface area contributed by atoms with E-state index in [-0.39, 0.29) is 23.9 Å². The first-order valence-electron chi connectivity index (χ1n) is 4.63. The molecular formula is C9H14O4. The van der Waals surface area contributed by atoms with Gasteiger partial charge in [-0.2, -0.15) is 0 Å². The molecule has 13 heavy (non-hydrogen) atoms. The van der Waals surface area contributed by atoms with Gasteiger partial charge in [-0.25, -0.2) is 0 Å². The number of esters is 1. The molecule has 4 heteroatoms. The van der Waals surface area contributed by atoms with Gasteiger partial charge >= 0.3 is 5.97 Å². The van der Waals surface area contributed by atoms with E-state index >= 15 is 0 Å². The highest BCUT2D eigenvalue weighted by molar-refractivity contribution is 5.66. The first-order valence-corrected chi connectivity index (χ1v) is 4.63. The Kier molecular flexibility index (Phi) is 2.04. The van der Waals surface area contributed by atoms with Crippen LogP contribution in [0.4, 0.5) is 0 Å². The fourth-order valence-corrected chi connectivity index (χ4v) is 2.59. The van der Waals surface area contributed by atoms with Gasteiger partial charge in [0.15, 0.2) is 0 Å². The van der Waals surface area contributed by atoms with Gasteiger partial charge in [-0.05, 0) is 18.8 Å². The Balaban J connectivity index is 2.02. The first kappa shape index (κ1) is 8.97. The van der Waals surface area contributed by atoms with Crippen molar-refractivity contribution in [3.63, 3.8) is 0 Å². The summed E-state index contributed by atoms with van der Waals surface area (Å²) >= 11 is 0. The number of ether oxygens (including phenoxy) is 1. The number of hydrogen-bond donors (Lipinski definition) is 2. The number of rotatable bonds is 1. The van der Waals surface area contributed by atoms with Crippen molar-refractivity contribution in [1.82, 2.24) is 0 Å². The molecule has 5 atom stereocenters. The Hall–Kier alpha value is -0.610. The smallest absolute Gasteiger partial charge is 0.302 e. The molecule has 2 aliphatic carbocycles. The summed E-state index contributed by atoms with van der Waals surface area (Å²) in [6.07, 6.45) is -0.0243. The first-order chi connectivity index (χ1) is 6.09. The minimum Gasteiger partial charge on any atom is -0.462 e. The van der Waals surface area contributed by atoms with E-state index in [2.05, 4.69) is 0 Å². The van der Waals surface area contributed by atoms with E-state index in [0.29, 0.717) is 6.42 Å². The zero-order valence-electron chi connectivity index (χ0n) is 7.51. The van der Waals surface area contributed by atoms with Crippen molar-refractivity contribution in [2.75, 3.05) is 0 Å². The Morgan fingerprint density at radius 3 is 2.46 bits per heavy atom. The van der Waals surface area contributed by atoms with Crippen LogP contribution in [-0.2, 0) is 9.53 Å². The van der Waals surface area contributed by atoms with Crippen molar-refractivity contribution in [2.45, 2.75) is 38.1 Å². The van der Waals surface area contributed by atoms with Crippen molar-refractivity contribution in [3.05, 3.63) is 0 Å². The molecule has 0 amide bonds. The lowest BCUT2D eigenvalue weighted by atomic mass is 9.92. The molecule has 0 aromatic rings. The Morgan fingerprint density at radius 1 is 1.31 bits per heavy atom. The van der Waals surface area contributed by atoms with Gasteiger partial charge in [0.2, 0.25) is 0 Å². The fourth-order valence-electron chi connectivity index (χ4n) is 2.59. The summed E-state index contributed by atoms with van der Waals surface area (Å²) in [5, 5.41) is 19.0. The van der Waals surface area contributed by atoms with Crippen LogP contribution in [0, 0.1) is 11.8 Å². The van der Waals surface area contributed by atoms with Crippen molar-refractivity contribution in [1.29, 1.82) is 0 Å². The van der Waals surface area contributed by atoms with Crippen LogP contribution in [0.3, 0.4) is 0 Å². The van der Waals surface area contributed by atoms with Gasteiger partial charge < -0.3 is 14.9 Å². The highest BCUT2D eigenvalue weighted by Gasteiger charge is 2.53. The van der Waals surface area contributed by atoms with Gasteiger partial charge in [-0.1, -0.05) is 0 Å². The maximum absolute atomic E-state index is 10.7. The SMILES string of the molecule is CC(=O)O[C@@H]1C[C@H]2C[C@H]1[C@H](O)[C@@H]2O. The highest BCUT2D eigenvalue weighted by Crippen LogP contribution is 2.46. The average molecular weight is 186 g/mol. The molecule has 2 N–H and O–H groups in total. The average Bonchev–Trinajstić information content (AvgIpc) is 2.53. The third-order valence-corrected chi connectivity index (χ3v) is 3.18. The van der Waals surface area contributed by atoms with Crippen molar-refractivity contribution >= 4 is 5.97 Å². The van der Waals surface area contributed by atoms with Crippen LogP contribution in [-0.4, -0.2) is 34.5 Å². The number of hydrogen-bond acceptors (Lipinski definition) is 4. The Bertz CT molecular complexity index is 226. The molecule has 0 aromatic heterocycles. The molecule has 0 heterocycles. The van der Waals surface area contributed by atoms with Crippen molar-refractivity contribution in [3.8, 4) is 0 Å². The molecule has 0 spiro atoms. The van der Waals surface area contributed by atoms with Crippen LogP contribution in [0.2, 0.25) is 0 Å². The summed E-state index contributed by atoms with van der Waals surface area (Å²) in [6, 6.07) is 0. The lowest BCUT2D eigenvalue weighted by molar-refractivity contribution is -0.154. The summed E-state index contributed by atoms with van der Waals surface area (Å²) in [7, 11) is 0. The van der Waals surface area contributed by atoms with Gasteiger partial charge in [0.05, 0.1) is 12.2 Å². The van der Waals surface area contributed by atoms with E-state index in [1.54, 1.807) is 0 Å². The topological polar surface area (TPSA) is 66.8 Å². The maximum atomic E-state index is 10.7. The van der Waals surface area contributed by atoms with E-state index in [1.165, 1.54) is 6.92 Å². The van der Waals surface area contributed by atoms with E-state index in [9.17, 15) is 15.0 Å². The number of aliphatic hydroxyl groups excluding tert-OH is 2. The summed E-state index contributed by atoms with van der Waals surface area (Å²) in [4.78, 5) is 10.7. The number of carbonyl (C=O) groups excluding carboxylic acids is 1. The normalized spacial score (nSPS) is 48.1. The Labute approximate surface area is 76.5 Å². The van der Waals surface area contributed by atoms with Crippen LogP contribution >= 0.6 is 0 Å². The van der Waals surface area contributed by atoms with Crippen molar-refractivity contribution < 1.29 is 19.7 Å². The monoisotopic (exact) mass is 186 g/mol. The predicted octanol–water partition coefficient (Wildman–Crippen LogP) is -0.320. The second kappa shape index (κ2) is 2.96. The largest absolute Gasteiger partial charge is 0.462 e. The third kappa shape index (κ3) is 1.34. The number of carbonyl (C=O) groups is 1. The maximum Gasteiger partial charge on any atom is 0.302 e. The van der Waals surface area contributed by atoms with Gasteiger partial charge in [-0.3, -0.25) is 4.79 Å². The van der Waals surface area contributed by atoms with Crippen LogP contribution < -0.4 is 0 Å². The van der Waals surface area contributed by atoms with Crippen LogP contribution in [0.5, 0.6) is 0 Å². The molecule has 2 bridgehead atoms. The highest BCUT2D eigenvalue weighted by atomic mass is 16.5. The second-order valence-corrected chi connectivity index (χ2v) is 4.02. The molecular weight excluding hydrogens is 172 g/mol. The molecule has 2 saturated carbocycles. The summed E-state index contributed by atoms with van der Waals surface area (Å²) < 4.78 is 5.05. The summed E-state index contributed by atoms with van der Waals surface area (Å²) in [6.45, 7) is 1.37. The van der Waals surface area contributed by atoms with Gasteiger partial charge in [0.1, 0.15) is 6.10 Å². The molecule has 0 aromatic carbocycles. The number of aliphatic hydroxyl groups is 2. The molecule has 74 valence electrons. The molecule has 4 nitrogen and oxygen atoms in total. The van der Waals surface area contributed by atoms with Crippen LogP contribution in [0.15, 0.2) is 0 Å². The van der Waals surface area contributed by atoms with Crippen molar-refractivity contribution in [2.24, 2.45) is 11.8 Å². The molecule has 2 rings (SSSR count). The fraction of sp³-hybridized carbons (Fsp3) is 0.889.